The van der Waals surface area contributed by atoms with Crippen molar-refractivity contribution in [3.8, 4) is 0 Å². The van der Waals surface area contributed by atoms with Crippen molar-refractivity contribution >= 4 is 31.6 Å². The van der Waals surface area contributed by atoms with E-state index in [1.807, 2.05) is 5.43 Å². The molecule has 2 rings (SSSR count). The number of carbonyl (C=O) groups is 2. The number of nitrogen functional groups attached to an aromatic ring is 1. The Kier molecular flexibility index (Phi) is 13.9. The predicted molar refractivity (Wildman–Crippen MR) is 119 cm³/mol. The molecule has 0 heterocycles. The average Bonchev–Trinajstić information content (AvgIpc) is 2.74. The third-order valence-corrected chi connectivity index (χ3v) is 5.73. The van der Waals surface area contributed by atoms with Crippen LogP contribution in [0.5, 0.6) is 0 Å². The number of ether oxygens (including phenoxy) is 1. The third kappa shape index (κ3) is 10.4. The van der Waals surface area contributed by atoms with Crippen LogP contribution in [0.1, 0.15) is 27.6 Å². The number of nitrogens with one attached hydrogen (secondary N) is 1. The molecule has 2 aromatic carbocycles. The monoisotopic (exact) mass is 492 g/mol. The van der Waals surface area contributed by atoms with Crippen molar-refractivity contribution in [1.82, 2.24) is 5.43 Å². The molecule has 0 radical (unpaired) electrons. The van der Waals surface area contributed by atoms with E-state index in [1.165, 1.54) is 48.5 Å². The van der Waals surface area contributed by atoms with E-state index in [9.17, 15) is 26.4 Å². The van der Waals surface area contributed by atoms with E-state index < -0.39 is 31.6 Å². The molecule has 1 amide bonds. The van der Waals surface area contributed by atoms with Gasteiger partial charge in [-0.2, -0.15) is 0 Å². The summed E-state index contributed by atoms with van der Waals surface area (Å²) in [5, 5.41) is 0. The molecule has 0 saturated heterocycles. The molecule has 9 N–H and O–H groups in total. The van der Waals surface area contributed by atoms with E-state index >= 15 is 0 Å². The molecular formula is C18H28N4O8S2. The number of benzene rings is 2. The summed E-state index contributed by atoms with van der Waals surface area (Å²) in [6, 6.07) is 11.2. The second-order valence-corrected chi connectivity index (χ2v) is 9.82. The van der Waals surface area contributed by atoms with Gasteiger partial charge in [0.1, 0.15) is 0 Å². The molecule has 180 valence electrons. The van der Waals surface area contributed by atoms with Gasteiger partial charge in [-0.1, -0.05) is 0 Å². The Bertz CT molecular complexity index is 1070. The topological polar surface area (TPSA) is 233 Å². The molecule has 0 atom stereocenters. The molecule has 2 aromatic rings. The van der Waals surface area contributed by atoms with Crippen LogP contribution in [-0.2, 0) is 24.4 Å². The molecule has 0 unspecified atom stereocenters. The number of rotatable bonds is 5. The minimum absolute atomic E-state index is 0. The Labute approximate surface area is 186 Å². The molecule has 0 aliphatic carbocycles. The van der Waals surface area contributed by atoms with Gasteiger partial charge < -0.3 is 10.2 Å². The van der Waals surface area contributed by atoms with Gasteiger partial charge in [-0.25, -0.2) is 27.5 Å². The Hall–Kier alpha value is -2.88. The average molecular weight is 493 g/mol. The number of amides is 1. The van der Waals surface area contributed by atoms with Crippen LogP contribution in [0.15, 0.2) is 58.3 Å². The van der Waals surface area contributed by atoms with Crippen LogP contribution in [0, 0.1) is 0 Å². The fraction of sp³-hybridized carbons (Fsp3) is 0.222. The van der Waals surface area contributed by atoms with Gasteiger partial charge in [0.05, 0.1) is 22.0 Å². The lowest BCUT2D eigenvalue weighted by atomic mass is 10.2. The molecule has 0 aliphatic rings. The summed E-state index contributed by atoms with van der Waals surface area (Å²) in [6.07, 6.45) is 2.22. The van der Waals surface area contributed by atoms with Crippen molar-refractivity contribution in [1.29, 1.82) is 0 Å². The first-order valence-electron chi connectivity index (χ1n) is 8.51. The number of nitrogens with two attached hydrogens (primary N) is 3. The van der Waals surface area contributed by atoms with Gasteiger partial charge in [-0.15, -0.1) is 0 Å². The lowest BCUT2D eigenvalue weighted by Gasteiger charge is -2.02. The maximum absolute atomic E-state index is 11.2. The summed E-state index contributed by atoms with van der Waals surface area (Å²) in [5.74, 6) is 12.0. The maximum atomic E-state index is 11.2. The number of esters is 1. The van der Waals surface area contributed by atoms with Crippen LogP contribution >= 0.6 is 0 Å². The first-order chi connectivity index (χ1) is 14.4. The van der Waals surface area contributed by atoms with Gasteiger partial charge in [0.15, 0.2) is 19.7 Å². The van der Waals surface area contributed by atoms with Gasteiger partial charge in [0.25, 0.3) is 5.91 Å². The molecule has 0 bridgehead atoms. The summed E-state index contributed by atoms with van der Waals surface area (Å²) in [5.41, 5.74) is 2.62. The molecular weight excluding hydrogens is 464 g/mol. The van der Waals surface area contributed by atoms with Crippen molar-refractivity contribution in [2.75, 3.05) is 19.1 Å². The highest BCUT2D eigenvalue weighted by Gasteiger charge is 2.10. The van der Waals surface area contributed by atoms with Crippen LogP contribution in [-0.4, -0.2) is 53.3 Å². The molecule has 32 heavy (non-hydrogen) atoms. The fourth-order valence-electron chi connectivity index (χ4n) is 1.99. The van der Waals surface area contributed by atoms with E-state index in [-0.39, 0.29) is 15.3 Å². The highest BCUT2D eigenvalue weighted by Crippen LogP contribution is 2.11. The lowest BCUT2D eigenvalue weighted by molar-refractivity contribution is 0.0526. The van der Waals surface area contributed by atoms with E-state index in [1.54, 1.807) is 6.92 Å². The second kappa shape index (κ2) is 14.2. The van der Waals surface area contributed by atoms with Crippen molar-refractivity contribution in [3.63, 3.8) is 0 Å². The summed E-state index contributed by atoms with van der Waals surface area (Å²) in [7, 11) is -6.42. The van der Waals surface area contributed by atoms with E-state index in [4.69, 9.17) is 10.6 Å². The lowest BCUT2D eigenvalue weighted by Crippen LogP contribution is -2.29. The third-order valence-electron chi connectivity index (χ3n) is 3.47. The predicted octanol–water partition coefficient (Wildman–Crippen LogP) is -1.05. The molecule has 0 spiro atoms. The van der Waals surface area contributed by atoms with Gasteiger partial charge in [0, 0.05) is 18.1 Å². The number of hydrazine groups is 2. The largest absolute Gasteiger partial charge is 0.462 e. The first kappa shape index (κ1) is 31.3. The van der Waals surface area contributed by atoms with Crippen molar-refractivity contribution in [2.24, 2.45) is 17.5 Å². The van der Waals surface area contributed by atoms with Crippen LogP contribution in [0.4, 0.5) is 0 Å². The number of carbonyl (C=O) groups excluding carboxylic acids is 2. The van der Waals surface area contributed by atoms with Crippen LogP contribution in [0.2, 0.25) is 0 Å². The Morgan fingerprint density at radius 1 is 0.812 bits per heavy atom. The zero-order chi connectivity index (χ0) is 24.2. The normalized spacial score (nSPS) is 10.2. The van der Waals surface area contributed by atoms with Crippen LogP contribution < -0.4 is 23.0 Å². The summed E-state index contributed by atoms with van der Waals surface area (Å²) < 4.78 is 49.1. The highest BCUT2D eigenvalue weighted by atomic mass is 32.2. The van der Waals surface area contributed by atoms with Crippen LogP contribution in [0.3, 0.4) is 0 Å². The van der Waals surface area contributed by atoms with Crippen molar-refractivity contribution in [2.45, 2.75) is 16.7 Å². The van der Waals surface area contributed by atoms with Gasteiger partial charge in [-0.05, 0) is 55.5 Å². The fourth-order valence-corrected chi connectivity index (χ4v) is 3.25. The number of sulfone groups is 2. The van der Waals surface area contributed by atoms with E-state index in [0.717, 1.165) is 12.5 Å². The van der Waals surface area contributed by atoms with Crippen molar-refractivity contribution in [3.05, 3.63) is 59.7 Å². The first-order valence-corrected chi connectivity index (χ1v) is 12.3. The molecule has 12 nitrogen and oxygen atoms in total. The Morgan fingerprint density at radius 2 is 1.16 bits per heavy atom. The summed E-state index contributed by atoms with van der Waals surface area (Å²) in [4.78, 5) is 22.6. The SMILES string of the molecule is CCOC(=O)c1ccc(S(C)(=O)=O)cc1.CS(=O)(=O)c1ccc(C(=O)NN)cc1.NN.O. The van der Waals surface area contributed by atoms with Crippen molar-refractivity contribution < 1.29 is 36.6 Å². The zero-order valence-electron chi connectivity index (χ0n) is 17.7. The summed E-state index contributed by atoms with van der Waals surface area (Å²) >= 11 is 0. The van der Waals surface area contributed by atoms with Gasteiger partial charge in [0.2, 0.25) is 0 Å². The second-order valence-electron chi connectivity index (χ2n) is 5.79. The van der Waals surface area contributed by atoms with Crippen LogP contribution in [0.25, 0.3) is 0 Å². The molecule has 0 aliphatic heterocycles. The molecule has 14 heteroatoms. The number of hydrogen-bond donors (Lipinski definition) is 4. The van der Waals surface area contributed by atoms with E-state index in [0.29, 0.717) is 17.7 Å². The smallest absolute Gasteiger partial charge is 0.338 e. The minimum Gasteiger partial charge on any atom is -0.462 e. The molecule has 0 fully saturated rings. The quantitative estimate of drug-likeness (QED) is 0.171. The number of hydrogen-bond acceptors (Lipinski definition) is 10. The molecule has 0 saturated carbocycles. The zero-order valence-corrected chi connectivity index (χ0v) is 19.4. The maximum Gasteiger partial charge on any atom is 0.338 e. The minimum atomic E-state index is -3.21. The standard InChI is InChI=1S/C10H12O4S.C8H10N2O3S.H4N2.H2O/c1-3-14-10(11)8-4-6-9(7-5-8)15(2,12)13;1-14(12,13)7-4-2-6(3-5-7)8(11)10-9;1-2;/h4-7H,3H2,1-2H3;2-5H,9H2,1H3,(H,10,11);1-2H2;1H2. The van der Waals surface area contributed by atoms with Gasteiger partial charge >= 0.3 is 5.97 Å². The highest BCUT2D eigenvalue weighted by molar-refractivity contribution is 7.91. The Balaban J connectivity index is 0. The Morgan fingerprint density at radius 3 is 1.44 bits per heavy atom. The van der Waals surface area contributed by atoms with Gasteiger partial charge in [-0.3, -0.25) is 21.9 Å². The van der Waals surface area contributed by atoms with E-state index in [2.05, 4.69) is 11.7 Å². The summed E-state index contributed by atoms with van der Waals surface area (Å²) in [6.45, 7) is 2.01. The molecule has 0 aromatic heterocycles.